The molecule has 0 atom stereocenters. The van der Waals surface area contributed by atoms with Crippen LogP contribution < -0.4 is 5.73 Å². The maximum atomic E-state index is 12.3. The zero-order chi connectivity index (χ0) is 13.3. The van der Waals surface area contributed by atoms with Crippen molar-refractivity contribution in [3.63, 3.8) is 0 Å². The lowest BCUT2D eigenvalue weighted by Gasteiger charge is -2.19. The Balaban J connectivity index is 2.15. The van der Waals surface area contributed by atoms with E-state index in [2.05, 4.69) is 31.0 Å². The number of hydrogen-bond donors (Lipinski definition) is 2. The van der Waals surface area contributed by atoms with Crippen LogP contribution in [0.4, 0.5) is 5.69 Å². The van der Waals surface area contributed by atoms with E-state index in [-0.39, 0.29) is 11.3 Å². The molecule has 1 aromatic heterocycles. The number of carbonyl (C=O) groups is 1. The van der Waals surface area contributed by atoms with Gasteiger partial charge in [0.25, 0.3) is 5.91 Å². The third kappa shape index (κ3) is 2.35. The maximum absolute atomic E-state index is 12.3. The van der Waals surface area contributed by atoms with Gasteiger partial charge in [0.15, 0.2) is 5.69 Å². The standard InChI is InChI=1S/C13H22N4O/c1-4-5-9-10(14)11(16-15-9)12(18)17-7-6-13(2,3)8-17/h4-8,14H2,1-3H3,(H,15,16). The van der Waals surface area contributed by atoms with Crippen LogP contribution in [0.1, 0.15) is 49.8 Å². The van der Waals surface area contributed by atoms with Gasteiger partial charge in [-0.1, -0.05) is 27.2 Å². The van der Waals surface area contributed by atoms with Gasteiger partial charge in [0.2, 0.25) is 0 Å². The molecule has 0 saturated carbocycles. The minimum atomic E-state index is -0.0447. The summed E-state index contributed by atoms with van der Waals surface area (Å²) in [6.45, 7) is 8.00. The maximum Gasteiger partial charge on any atom is 0.276 e. The molecule has 0 bridgehead atoms. The molecule has 18 heavy (non-hydrogen) atoms. The Labute approximate surface area is 108 Å². The summed E-state index contributed by atoms with van der Waals surface area (Å²) in [6.07, 6.45) is 2.85. The molecule has 100 valence electrons. The number of aromatic amines is 1. The summed E-state index contributed by atoms with van der Waals surface area (Å²) in [5, 5.41) is 6.96. The lowest BCUT2D eigenvalue weighted by Crippen LogP contribution is -2.31. The molecule has 0 radical (unpaired) electrons. The molecule has 0 unspecified atom stereocenters. The van der Waals surface area contributed by atoms with Crippen molar-refractivity contribution in [2.24, 2.45) is 5.41 Å². The van der Waals surface area contributed by atoms with Crippen molar-refractivity contribution in [3.8, 4) is 0 Å². The monoisotopic (exact) mass is 250 g/mol. The van der Waals surface area contributed by atoms with Gasteiger partial charge in [-0.15, -0.1) is 0 Å². The molecule has 5 heteroatoms. The van der Waals surface area contributed by atoms with E-state index in [1.807, 2.05) is 4.90 Å². The van der Waals surface area contributed by atoms with Crippen molar-refractivity contribution in [3.05, 3.63) is 11.4 Å². The van der Waals surface area contributed by atoms with Crippen LogP contribution in [0.15, 0.2) is 0 Å². The zero-order valence-corrected chi connectivity index (χ0v) is 11.4. The normalized spacial score (nSPS) is 18.3. The van der Waals surface area contributed by atoms with E-state index in [1.54, 1.807) is 0 Å². The SMILES string of the molecule is CCCc1[nH]nc(C(=O)N2CCC(C)(C)C2)c1N. The topological polar surface area (TPSA) is 75.0 Å². The molecule has 0 spiro atoms. The van der Waals surface area contributed by atoms with Gasteiger partial charge in [-0.3, -0.25) is 9.89 Å². The third-order valence-corrected chi connectivity index (χ3v) is 3.55. The number of nitrogen functional groups attached to an aromatic ring is 1. The van der Waals surface area contributed by atoms with E-state index in [0.717, 1.165) is 38.0 Å². The molecular formula is C13H22N4O. The summed E-state index contributed by atoms with van der Waals surface area (Å²) in [7, 11) is 0. The molecule has 1 fully saturated rings. The van der Waals surface area contributed by atoms with Crippen molar-refractivity contribution < 1.29 is 4.79 Å². The smallest absolute Gasteiger partial charge is 0.276 e. The van der Waals surface area contributed by atoms with E-state index in [9.17, 15) is 4.79 Å². The Kier molecular flexibility index (Phi) is 3.32. The number of aromatic nitrogens is 2. The minimum absolute atomic E-state index is 0.0447. The molecule has 5 nitrogen and oxygen atoms in total. The summed E-state index contributed by atoms with van der Waals surface area (Å²) in [6, 6.07) is 0. The second kappa shape index (κ2) is 4.63. The molecule has 0 aliphatic carbocycles. The fourth-order valence-corrected chi connectivity index (χ4v) is 2.43. The average molecular weight is 250 g/mol. The lowest BCUT2D eigenvalue weighted by molar-refractivity contribution is 0.0773. The number of anilines is 1. The summed E-state index contributed by atoms with van der Waals surface area (Å²) in [5.41, 5.74) is 7.97. The van der Waals surface area contributed by atoms with Crippen LogP contribution >= 0.6 is 0 Å². The second-order valence-corrected chi connectivity index (χ2v) is 5.86. The molecule has 2 rings (SSSR count). The number of rotatable bonds is 3. The average Bonchev–Trinajstić information content (AvgIpc) is 2.83. The number of likely N-dealkylation sites (tertiary alicyclic amines) is 1. The Morgan fingerprint density at radius 2 is 2.28 bits per heavy atom. The first-order valence-electron chi connectivity index (χ1n) is 6.56. The van der Waals surface area contributed by atoms with Crippen LogP contribution in [0.2, 0.25) is 0 Å². The summed E-state index contributed by atoms with van der Waals surface area (Å²) in [4.78, 5) is 14.2. The first kappa shape index (κ1) is 12.9. The number of hydrogen-bond acceptors (Lipinski definition) is 3. The van der Waals surface area contributed by atoms with Gasteiger partial charge in [-0.2, -0.15) is 5.10 Å². The Hall–Kier alpha value is -1.52. The van der Waals surface area contributed by atoms with Gasteiger partial charge >= 0.3 is 0 Å². The Morgan fingerprint density at radius 1 is 1.56 bits per heavy atom. The van der Waals surface area contributed by atoms with Gasteiger partial charge in [0.1, 0.15) is 0 Å². The number of nitrogens with zero attached hydrogens (tertiary/aromatic N) is 2. The molecule has 1 aromatic rings. The molecule has 2 heterocycles. The van der Waals surface area contributed by atoms with Crippen LogP contribution in [0.25, 0.3) is 0 Å². The molecular weight excluding hydrogens is 228 g/mol. The van der Waals surface area contributed by atoms with Crippen LogP contribution in [0.3, 0.4) is 0 Å². The predicted octanol–water partition coefficient (Wildman–Crippen LogP) is 1.82. The highest BCUT2D eigenvalue weighted by atomic mass is 16.2. The quantitative estimate of drug-likeness (QED) is 0.859. The number of nitrogens with one attached hydrogen (secondary N) is 1. The number of H-pyrrole nitrogens is 1. The van der Waals surface area contributed by atoms with E-state index in [0.29, 0.717) is 11.4 Å². The van der Waals surface area contributed by atoms with Crippen molar-refractivity contribution >= 4 is 11.6 Å². The highest BCUT2D eigenvalue weighted by Crippen LogP contribution is 2.30. The Bertz CT molecular complexity index is 450. The molecule has 1 saturated heterocycles. The van der Waals surface area contributed by atoms with Gasteiger partial charge in [0, 0.05) is 13.1 Å². The minimum Gasteiger partial charge on any atom is -0.395 e. The van der Waals surface area contributed by atoms with Gasteiger partial charge in [-0.05, 0) is 18.3 Å². The first-order chi connectivity index (χ1) is 8.44. The third-order valence-electron chi connectivity index (χ3n) is 3.55. The zero-order valence-electron chi connectivity index (χ0n) is 11.4. The van der Waals surface area contributed by atoms with Crippen LogP contribution in [-0.4, -0.2) is 34.1 Å². The molecule has 1 aliphatic heterocycles. The number of carbonyl (C=O) groups excluding carboxylic acids is 1. The molecule has 1 amide bonds. The van der Waals surface area contributed by atoms with Gasteiger partial charge in [-0.25, -0.2) is 0 Å². The largest absolute Gasteiger partial charge is 0.395 e. The van der Waals surface area contributed by atoms with Crippen molar-refractivity contribution in [1.82, 2.24) is 15.1 Å². The van der Waals surface area contributed by atoms with Gasteiger partial charge < -0.3 is 10.6 Å². The van der Waals surface area contributed by atoms with Crippen LogP contribution in [-0.2, 0) is 6.42 Å². The van der Waals surface area contributed by atoms with E-state index < -0.39 is 0 Å². The second-order valence-electron chi connectivity index (χ2n) is 5.86. The first-order valence-corrected chi connectivity index (χ1v) is 6.56. The predicted molar refractivity (Wildman–Crippen MR) is 71.3 cm³/mol. The molecule has 1 aliphatic rings. The summed E-state index contributed by atoms with van der Waals surface area (Å²) < 4.78 is 0. The van der Waals surface area contributed by atoms with E-state index >= 15 is 0 Å². The van der Waals surface area contributed by atoms with E-state index in [4.69, 9.17) is 5.73 Å². The van der Waals surface area contributed by atoms with Crippen molar-refractivity contribution in [2.45, 2.75) is 40.0 Å². The number of nitrogens with two attached hydrogens (primary N) is 1. The fraction of sp³-hybridized carbons (Fsp3) is 0.692. The van der Waals surface area contributed by atoms with E-state index in [1.165, 1.54) is 0 Å². The Morgan fingerprint density at radius 3 is 2.83 bits per heavy atom. The number of amides is 1. The number of aryl methyl sites for hydroxylation is 1. The molecule has 0 aromatic carbocycles. The highest BCUT2D eigenvalue weighted by Gasteiger charge is 2.34. The molecule has 3 N–H and O–H groups in total. The van der Waals surface area contributed by atoms with Crippen LogP contribution in [0.5, 0.6) is 0 Å². The van der Waals surface area contributed by atoms with Gasteiger partial charge in [0.05, 0.1) is 11.4 Å². The van der Waals surface area contributed by atoms with Crippen molar-refractivity contribution in [1.29, 1.82) is 0 Å². The lowest BCUT2D eigenvalue weighted by atomic mass is 9.93. The van der Waals surface area contributed by atoms with Crippen molar-refractivity contribution in [2.75, 3.05) is 18.8 Å². The van der Waals surface area contributed by atoms with Crippen LogP contribution in [0, 0.1) is 5.41 Å². The highest BCUT2D eigenvalue weighted by molar-refractivity contribution is 5.97. The summed E-state index contributed by atoms with van der Waals surface area (Å²) >= 11 is 0. The fourth-order valence-electron chi connectivity index (χ4n) is 2.43. The summed E-state index contributed by atoms with van der Waals surface area (Å²) in [5.74, 6) is -0.0447.